The van der Waals surface area contributed by atoms with Crippen molar-refractivity contribution in [3.8, 4) is 11.8 Å². The van der Waals surface area contributed by atoms with Crippen LogP contribution in [0.4, 0.5) is 0 Å². The van der Waals surface area contributed by atoms with Gasteiger partial charge in [-0.25, -0.2) is 0 Å². The molecule has 0 N–H and O–H groups in total. The highest BCUT2D eigenvalue weighted by molar-refractivity contribution is 4.89. The molecule has 0 heteroatoms. The van der Waals surface area contributed by atoms with Crippen LogP contribution in [0.2, 0.25) is 0 Å². The molecule has 0 bridgehead atoms. The second-order valence-electron chi connectivity index (χ2n) is 0.500. The minimum atomic E-state index is 1.82. The maximum absolute atomic E-state index is 2.68. The lowest BCUT2D eigenvalue weighted by Crippen LogP contribution is -1.28. The van der Waals surface area contributed by atoms with Gasteiger partial charge < -0.3 is 0 Å². The Labute approximate surface area is 54.3 Å². The molecule has 0 atom stereocenters. The smallest absolute Gasteiger partial charge is 0.00271 e. The van der Waals surface area contributed by atoms with Crippen molar-refractivity contribution in [1.82, 2.24) is 0 Å². The zero-order chi connectivity index (χ0) is 7.41. The Kier molecular flexibility index (Phi) is 163. The Bertz CT molecular complexity index is 36.8. The summed E-state index contributed by atoms with van der Waals surface area (Å²) in [6.45, 7) is 11.6. The largest absolute Gasteiger partial charge is 0.107 e. The summed E-state index contributed by atoms with van der Waals surface area (Å²) >= 11 is 0. The van der Waals surface area contributed by atoms with Crippen LogP contribution in [0.3, 0.4) is 0 Å². The van der Waals surface area contributed by atoms with Crippen LogP contribution in [0.1, 0.15) is 41.5 Å². The third-order valence-corrected chi connectivity index (χ3v) is 0.250. The van der Waals surface area contributed by atoms with Gasteiger partial charge in [-0.2, -0.15) is 0 Å². The van der Waals surface area contributed by atoms with E-state index in [1.807, 2.05) is 41.5 Å². The highest BCUT2D eigenvalue weighted by atomic mass is 13.3. The van der Waals surface area contributed by atoms with E-state index in [0.717, 1.165) is 0 Å². The fourth-order valence-corrected chi connectivity index (χ4v) is 0. The van der Waals surface area contributed by atoms with E-state index in [0.29, 0.717) is 0 Å². The zero-order valence-corrected chi connectivity index (χ0v) is 7.00. The Morgan fingerprint density at radius 1 is 0.625 bits per heavy atom. The van der Waals surface area contributed by atoms with Gasteiger partial charge in [0.15, 0.2) is 0 Å². The van der Waals surface area contributed by atoms with Crippen LogP contribution >= 0.6 is 0 Å². The number of hydrogen-bond acceptors (Lipinski definition) is 0. The van der Waals surface area contributed by atoms with E-state index in [4.69, 9.17) is 0 Å². The van der Waals surface area contributed by atoms with Crippen LogP contribution in [0.5, 0.6) is 0 Å². The van der Waals surface area contributed by atoms with E-state index >= 15 is 0 Å². The Morgan fingerprint density at radius 3 is 0.750 bits per heavy atom. The zero-order valence-electron chi connectivity index (χ0n) is 7.00. The Hall–Kier alpha value is -0.440. The molecule has 8 heavy (non-hydrogen) atoms. The molecule has 0 saturated heterocycles. The SMILES string of the molecule is CC.CC.CC#CC. The van der Waals surface area contributed by atoms with Crippen LogP contribution in [-0.2, 0) is 0 Å². The third kappa shape index (κ3) is 369. The molecule has 0 heterocycles. The monoisotopic (exact) mass is 114 g/mol. The van der Waals surface area contributed by atoms with Crippen molar-refractivity contribution in [1.29, 1.82) is 0 Å². The van der Waals surface area contributed by atoms with Crippen LogP contribution in [0.15, 0.2) is 0 Å². The molecule has 0 aromatic rings. The van der Waals surface area contributed by atoms with Crippen LogP contribution in [0, 0.1) is 11.8 Å². The first-order chi connectivity index (χ1) is 3.91. The van der Waals surface area contributed by atoms with Gasteiger partial charge in [-0.15, -0.1) is 11.8 Å². The van der Waals surface area contributed by atoms with Gasteiger partial charge in [0.2, 0.25) is 0 Å². The summed E-state index contributed by atoms with van der Waals surface area (Å²) < 4.78 is 0. The minimum Gasteiger partial charge on any atom is -0.107 e. The molecule has 0 fully saturated rings. The van der Waals surface area contributed by atoms with Crippen molar-refractivity contribution in [2.45, 2.75) is 41.5 Å². The quantitative estimate of drug-likeness (QED) is 0.424. The van der Waals surface area contributed by atoms with Crippen molar-refractivity contribution in [3.05, 3.63) is 0 Å². The fourth-order valence-electron chi connectivity index (χ4n) is 0. The average Bonchev–Trinajstić information content (AvgIpc) is 1.96. The summed E-state index contributed by atoms with van der Waals surface area (Å²) in [6, 6.07) is 0. The normalized spacial score (nSPS) is 3.25. The van der Waals surface area contributed by atoms with E-state index < -0.39 is 0 Å². The van der Waals surface area contributed by atoms with Gasteiger partial charge >= 0.3 is 0 Å². The molecule has 0 saturated carbocycles. The van der Waals surface area contributed by atoms with E-state index in [2.05, 4.69) is 11.8 Å². The molecule has 0 rings (SSSR count). The molecule has 0 nitrogen and oxygen atoms in total. The lowest BCUT2D eigenvalue weighted by atomic mass is 10.7. The van der Waals surface area contributed by atoms with Crippen molar-refractivity contribution >= 4 is 0 Å². The molecule has 0 aliphatic rings. The van der Waals surface area contributed by atoms with Crippen molar-refractivity contribution < 1.29 is 0 Å². The molecule has 0 radical (unpaired) electrons. The van der Waals surface area contributed by atoms with Crippen LogP contribution in [-0.4, -0.2) is 0 Å². The average molecular weight is 114 g/mol. The summed E-state index contributed by atoms with van der Waals surface area (Å²) in [5, 5.41) is 0. The molecular weight excluding hydrogens is 96.1 g/mol. The van der Waals surface area contributed by atoms with Gasteiger partial charge in [0.1, 0.15) is 0 Å². The summed E-state index contributed by atoms with van der Waals surface area (Å²) in [6.07, 6.45) is 0. The number of rotatable bonds is 0. The first-order valence-electron chi connectivity index (χ1n) is 3.25. The molecule has 0 aliphatic heterocycles. The first-order valence-corrected chi connectivity index (χ1v) is 3.25. The predicted octanol–water partition coefficient (Wildman–Crippen LogP) is 3.08. The van der Waals surface area contributed by atoms with Gasteiger partial charge in [-0.3, -0.25) is 0 Å². The highest BCUT2D eigenvalue weighted by Gasteiger charge is 1.26. The van der Waals surface area contributed by atoms with E-state index in [1.54, 1.807) is 0 Å². The molecule has 0 spiro atoms. The van der Waals surface area contributed by atoms with Gasteiger partial charge in [0.25, 0.3) is 0 Å². The molecule has 0 unspecified atom stereocenters. The van der Waals surface area contributed by atoms with Gasteiger partial charge in [-0.1, -0.05) is 27.7 Å². The van der Waals surface area contributed by atoms with Crippen LogP contribution in [0.25, 0.3) is 0 Å². The van der Waals surface area contributed by atoms with Gasteiger partial charge in [-0.05, 0) is 13.8 Å². The molecule has 0 amide bonds. The molecule has 0 aliphatic carbocycles. The van der Waals surface area contributed by atoms with Crippen molar-refractivity contribution in [2.24, 2.45) is 0 Å². The second kappa shape index (κ2) is 83.3. The summed E-state index contributed by atoms with van der Waals surface area (Å²) in [7, 11) is 0. The lowest BCUT2D eigenvalue weighted by molar-refractivity contribution is 1.50. The molecule has 0 aromatic heterocycles. The minimum absolute atomic E-state index is 1.82. The van der Waals surface area contributed by atoms with Crippen molar-refractivity contribution in [2.75, 3.05) is 0 Å². The topological polar surface area (TPSA) is 0 Å². The van der Waals surface area contributed by atoms with E-state index in [9.17, 15) is 0 Å². The molecule has 50 valence electrons. The van der Waals surface area contributed by atoms with Gasteiger partial charge in [0.05, 0.1) is 0 Å². The van der Waals surface area contributed by atoms with Crippen molar-refractivity contribution in [3.63, 3.8) is 0 Å². The summed E-state index contributed by atoms with van der Waals surface area (Å²) in [5.41, 5.74) is 0. The highest BCUT2D eigenvalue weighted by Crippen LogP contribution is 1.39. The third-order valence-electron chi connectivity index (χ3n) is 0.250. The van der Waals surface area contributed by atoms with E-state index in [-0.39, 0.29) is 0 Å². The summed E-state index contributed by atoms with van der Waals surface area (Å²) in [5.74, 6) is 5.36. The van der Waals surface area contributed by atoms with Crippen LogP contribution < -0.4 is 0 Å². The standard InChI is InChI=1S/C4H6.2C2H6/c1-3-4-2;2*1-2/h1-2H3;2*1-2H3. The molecule has 0 aromatic carbocycles. The van der Waals surface area contributed by atoms with Gasteiger partial charge in [0, 0.05) is 0 Å². The predicted molar refractivity (Wildman–Crippen MR) is 41.8 cm³/mol. The second-order valence-corrected chi connectivity index (χ2v) is 0.500. The lowest BCUT2D eigenvalue weighted by Gasteiger charge is -1.40. The number of hydrogen-bond donors (Lipinski definition) is 0. The summed E-state index contributed by atoms with van der Waals surface area (Å²) in [4.78, 5) is 0. The fraction of sp³-hybridized carbons (Fsp3) is 0.750. The first kappa shape index (κ1) is 15.6. The molecular formula is C8H18. The van der Waals surface area contributed by atoms with E-state index in [1.165, 1.54) is 0 Å². The maximum Gasteiger partial charge on any atom is -0.00271 e. The Morgan fingerprint density at radius 2 is 0.750 bits per heavy atom. The Balaban J connectivity index is -0.0000000542. The maximum atomic E-state index is 2.68.